The number of halogens is 2. The first kappa shape index (κ1) is 10.4. The van der Waals surface area contributed by atoms with Gasteiger partial charge in [0, 0.05) is 11.4 Å². The molecule has 1 aromatic carbocycles. The summed E-state index contributed by atoms with van der Waals surface area (Å²) in [6.07, 6.45) is 3.66. The number of benzene rings is 1. The molecule has 3 rings (SSSR count). The summed E-state index contributed by atoms with van der Waals surface area (Å²) < 4.78 is 27.3. The Kier molecular flexibility index (Phi) is 2.24. The number of rotatable bonds is 0. The van der Waals surface area contributed by atoms with E-state index in [1.807, 2.05) is 0 Å². The van der Waals surface area contributed by atoms with Gasteiger partial charge < -0.3 is 5.73 Å². The van der Waals surface area contributed by atoms with Gasteiger partial charge in [0.2, 0.25) is 0 Å². The van der Waals surface area contributed by atoms with Gasteiger partial charge in [0.05, 0.1) is 5.39 Å². The van der Waals surface area contributed by atoms with Gasteiger partial charge in [-0.3, -0.25) is 0 Å². The summed E-state index contributed by atoms with van der Waals surface area (Å²) in [5, 5.41) is 0.130. The fraction of sp³-hybridized carbons (Fsp3) is 0.308. The maximum Gasteiger partial charge on any atom is 0.149 e. The minimum absolute atomic E-state index is 0.0585. The number of fused-ring (bicyclic) bond motifs is 2. The molecule has 0 amide bonds. The number of aromatic nitrogens is 1. The number of aryl methyl sites for hydroxylation is 1. The average Bonchev–Trinajstić information content (AvgIpc) is 2.34. The molecule has 1 heterocycles. The summed E-state index contributed by atoms with van der Waals surface area (Å²) in [5.74, 6) is -1.01. The van der Waals surface area contributed by atoms with Crippen LogP contribution in [-0.4, -0.2) is 4.98 Å². The Morgan fingerprint density at radius 2 is 1.76 bits per heavy atom. The zero-order valence-corrected chi connectivity index (χ0v) is 9.26. The summed E-state index contributed by atoms with van der Waals surface area (Å²) in [6, 6.07) is 2.20. The number of hydrogen-bond donors (Lipinski definition) is 1. The van der Waals surface area contributed by atoms with E-state index in [2.05, 4.69) is 4.98 Å². The molecule has 0 bridgehead atoms. The molecule has 0 atom stereocenters. The number of nitrogens with zero attached hydrogens (tertiary/aromatic N) is 1. The Morgan fingerprint density at radius 3 is 2.59 bits per heavy atom. The molecule has 1 aromatic heterocycles. The second-order valence-corrected chi connectivity index (χ2v) is 4.41. The molecular formula is C13H12F2N2. The van der Waals surface area contributed by atoms with E-state index in [0.29, 0.717) is 5.69 Å². The molecule has 2 aromatic rings. The van der Waals surface area contributed by atoms with Gasteiger partial charge in [-0.1, -0.05) is 0 Å². The number of anilines is 1. The lowest BCUT2D eigenvalue weighted by Crippen LogP contribution is -2.10. The minimum Gasteiger partial charge on any atom is -0.398 e. The number of nitrogens with two attached hydrogens (primary N) is 1. The van der Waals surface area contributed by atoms with Crippen LogP contribution in [0.3, 0.4) is 0 Å². The second kappa shape index (κ2) is 3.65. The molecule has 1 aliphatic rings. The van der Waals surface area contributed by atoms with E-state index in [4.69, 9.17) is 5.73 Å². The summed E-state index contributed by atoms with van der Waals surface area (Å²) in [5.41, 5.74) is 8.11. The van der Waals surface area contributed by atoms with E-state index in [-0.39, 0.29) is 10.9 Å². The fourth-order valence-electron chi connectivity index (χ4n) is 2.50. The zero-order chi connectivity index (χ0) is 12.0. The highest BCUT2D eigenvalue weighted by Crippen LogP contribution is 2.33. The van der Waals surface area contributed by atoms with Crippen LogP contribution < -0.4 is 5.73 Å². The van der Waals surface area contributed by atoms with Crippen LogP contribution in [-0.2, 0) is 12.8 Å². The molecule has 2 N–H and O–H groups in total. The van der Waals surface area contributed by atoms with Crippen LogP contribution in [0.15, 0.2) is 12.1 Å². The highest BCUT2D eigenvalue weighted by molar-refractivity contribution is 5.93. The summed E-state index contributed by atoms with van der Waals surface area (Å²) in [4.78, 5) is 4.24. The lowest BCUT2D eigenvalue weighted by Gasteiger charge is -2.18. The quantitative estimate of drug-likeness (QED) is 0.761. The topological polar surface area (TPSA) is 38.9 Å². The zero-order valence-electron chi connectivity index (χ0n) is 9.26. The Bertz CT molecular complexity index is 608. The first-order chi connectivity index (χ1) is 8.18. The standard InChI is InChI=1S/C13H12F2N2/c14-8-5-6-9(15)13-11(8)12(16)7-3-1-2-4-10(7)17-13/h5-6H,1-4H2,(H2,16,17). The average molecular weight is 234 g/mol. The SMILES string of the molecule is Nc1c2c(nc3c(F)ccc(F)c13)CCCC2. The van der Waals surface area contributed by atoms with Crippen LogP contribution in [0, 0.1) is 11.6 Å². The molecule has 1 aliphatic carbocycles. The van der Waals surface area contributed by atoms with Crippen LogP contribution in [0.5, 0.6) is 0 Å². The minimum atomic E-state index is -0.513. The molecule has 0 saturated heterocycles. The second-order valence-electron chi connectivity index (χ2n) is 4.41. The van der Waals surface area contributed by atoms with Crippen LogP contribution in [0.25, 0.3) is 10.9 Å². The number of nitrogen functional groups attached to an aromatic ring is 1. The van der Waals surface area contributed by atoms with Crippen molar-refractivity contribution in [2.75, 3.05) is 5.73 Å². The Morgan fingerprint density at radius 1 is 1.06 bits per heavy atom. The van der Waals surface area contributed by atoms with Gasteiger partial charge in [-0.2, -0.15) is 0 Å². The van der Waals surface area contributed by atoms with Crippen LogP contribution in [0.1, 0.15) is 24.1 Å². The largest absolute Gasteiger partial charge is 0.398 e. The molecule has 88 valence electrons. The highest BCUT2D eigenvalue weighted by Gasteiger charge is 2.20. The molecule has 4 heteroatoms. The fourth-order valence-corrected chi connectivity index (χ4v) is 2.50. The molecule has 0 fully saturated rings. The third-order valence-corrected chi connectivity index (χ3v) is 3.36. The van der Waals surface area contributed by atoms with Crippen molar-refractivity contribution in [3.8, 4) is 0 Å². The van der Waals surface area contributed by atoms with Crippen molar-refractivity contribution < 1.29 is 8.78 Å². The van der Waals surface area contributed by atoms with E-state index < -0.39 is 11.6 Å². The van der Waals surface area contributed by atoms with Crippen molar-refractivity contribution in [1.82, 2.24) is 4.98 Å². The molecule has 0 radical (unpaired) electrons. The van der Waals surface area contributed by atoms with Crippen LogP contribution >= 0.6 is 0 Å². The van der Waals surface area contributed by atoms with E-state index in [9.17, 15) is 8.78 Å². The van der Waals surface area contributed by atoms with E-state index in [1.165, 1.54) is 0 Å². The van der Waals surface area contributed by atoms with Gasteiger partial charge in [0.1, 0.15) is 17.2 Å². The van der Waals surface area contributed by atoms with Gasteiger partial charge in [0.25, 0.3) is 0 Å². The van der Waals surface area contributed by atoms with Gasteiger partial charge in [-0.25, -0.2) is 13.8 Å². The maximum atomic E-state index is 13.7. The molecule has 0 aliphatic heterocycles. The summed E-state index contributed by atoms with van der Waals surface area (Å²) in [6.45, 7) is 0. The lowest BCUT2D eigenvalue weighted by atomic mass is 9.93. The number of pyridine rings is 1. The Hall–Kier alpha value is -1.71. The van der Waals surface area contributed by atoms with E-state index >= 15 is 0 Å². The van der Waals surface area contributed by atoms with E-state index in [1.54, 1.807) is 0 Å². The Labute approximate surface area is 97.5 Å². The van der Waals surface area contributed by atoms with Gasteiger partial charge in [-0.15, -0.1) is 0 Å². The predicted octanol–water partition coefficient (Wildman–Crippen LogP) is 2.97. The van der Waals surface area contributed by atoms with E-state index in [0.717, 1.165) is 49.1 Å². The van der Waals surface area contributed by atoms with Crippen molar-refractivity contribution in [2.45, 2.75) is 25.7 Å². The predicted molar refractivity (Wildman–Crippen MR) is 62.7 cm³/mol. The summed E-state index contributed by atoms with van der Waals surface area (Å²) >= 11 is 0. The molecule has 17 heavy (non-hydrogen) atoms. The smallest absolute Gasteiger partial charge is 0.149 e. The van der Waals surface area contributed by atoms with Gasteiger partial charge in [-0.05, 0) is 43.4 Å². The van der Waals surface area contributed by atoms with Crippen LogP contribution in [0.4, 0.5) is 14.5 Å². The molecular weight excluding hydrogens is 222 g/mol. The first-order valence-electron chi connectivity index (χ1n) is 5.73. The van der Waals surface area contributed by atoms with Crippen molar-refractivity contribution in [3.63, 3.8) is 0 Å². The first-order valence-corrected chi connectivity index (χ1v) is 5.73. The van der Waals surface area contributed by atoms with Crippen LogP contribution in [0.2, 0.25) is 0 Å². The lowest BCUT2D eigenvalue weighted by molar-refractivity contribution is 0.612. The van der Waals surface area contributed by atoms with Crippen molar-refractivity contribution >= 4 is 16.6 Å². The monoisotopic (exact) mass is 234 g/mol. The van der Waals surface area contributed by atoms with Crippen molar-refractivity contribution in [1.29, 1.82) is 0 Å². The summed E-state index contributed by atoms with van der Waals surface area (Å²) in [7, 11) is 0. The molecule has 0 spiro atoms. The third-order valence-electron chi connectivity index (χ3n) is 3.36. The number of hydrogen-bond acceptors (Lipinski definition) is 2. The molecule has 0 unspecified atom stereocenters. The Balaban J connectivity index is 2.44. The normalized spacial score (nSPS) is 14.9. The highest BCUT2D eigenvalue weighted by atomic mass is 19.1. The molecule has 2 nitrogen and oxygen atoms in total. The molecule has 0 saturated carbocycles. The van der Waals surface area contributed by atoms with Crippen molar-refractivity contribution in [2.24, 2.45) is 0 Å². The maximum absolute atomic E-state index is 13.7. The van der Waals surface area contributed by atoms with Crippen molar-refractivity contribution in [3.05, 3.63) is 35.0 Å². The third kappa shape index (κ3) is 1.47. The van der Waals surface area contributed by atoms with Gasteiger partial charge >= 0.3 is 0 Å². The van der Waals surface area contributed by atoms with Gasteiger partial charge in [0.15, 0.2) is 0 Å².